The highest BCUT2D eigenvalue weighted by molar-refractivity contribution is 5.86. The molecular weight excluding hydrogens is 484 g/mol. The van der Waals surface area contributed by atoms with E-state index in [4.69, 9.17) is 23.4 Å². The molecule has 2 aromatic carbocycles. The second-order valence-corrected chi connectivity index (χ2v) is 7.87. The number of fused-ring (bicyclic) bond motifs is 1. The molecule has 1 aromatic heterocycles. The van der Waals surface area contributed by atoms with E-state index in [1.54, 1.807) is 0 Å². The Morgan fingerprint density at radius 1 is 0.917 bits per heavy atom. The van der Waals surface area contributed by atoms with Crippen molar-refractivity contribution < 1.29 is 58.8 Å². The third-order valence-electron chi connectivity index (χ3n) is 5.61. The van der Waals surface area contributed by atoms with Crippen molar-refractivity contribution in [3.63, 3.8) is 0 Å². The second-order valence-electron chi connectivity index (χ2n) is 7.87. The Balaban J connectivity index is 1.76. The molecule has 13 heteroatoms. The minimum atomic E-state index is -1.91. The maximum Gasteiger partial charge on any atom is 0.335 e. The van der Waals surface area contributed by atoms with Gasteiger partial charge in [-0.2, -0.15) is 0 Å². The molecule has 192 valence electrons. The van der Waals surface area contributed by atoms with Crippen molar-refractivity contribution >= 4 is 16.9 Å². The molecule has 4 rings (SSSR count). The fourth-order valence-electron chi connectivity index (χ4n) is 3.77. The first-order chi connectivity index (χ1) is 17.0. The summed E-state index contributed by atoms with van der Waals surface area (Å²) >= 11 is 0. The monoisotopic (exact) mass is 506 g/mol. The Bertz CT molecular complexity index is 1340. The van der Waals surface area contributed by atoms with E-state index in [0.717, 1.165) is 12.1 Å². The zero-order valence-electron chi connectivity index (χ0n) is 18.8. The first-order valence-corrected chi connectivity index (χ1v) is 10.4. The SMILES string of the molecule is COc1cc(-c2cc(=O)c3c(O)cc(OC4OC(C(=O)O)C(O)C(O)C4O)cc3o2)cc(OC)c1O. The summed E-state index contributed by atoms with van der Waals surface area (Å²) in [5, 5.41) is 59.5. The lowest BCUT2D eigenvalue weighted by Gasteiger charge is -2.38. The zero-order chi connectivity index (χ0) is 26.3. The lowest BCUT2D eigenvalue weighted by molar-refractivity contribution is -0.271. The van der Waals surface area contributed by atoms with Gasteiger partial charge in [-0.25, -0.2) is 4.79 Å². The minimum Gasteiger partial charge on any atom is -0.507 e. The molecule has 5 atom stereocenters. The minimum absolute atomic E-state index is 0.0130. The molecule has 0 radical (unpaired) electrons. The molecule has 0 saturated carbocycles. The van der Waals surface area contributed by atoms with Crippen LogP contribution in [0.5, 0.6) is 28.7 Å². The number of carboxylic acid groups (broad SMARTS) is 1. The number of aliphatic hydroxyl groups is 3. The number of hydrogen-bond donors (Lipinski definition) is 6. The van der Waals surface area contributed by atoms with Crippen LogP contribution in [0, 0.1) is 0 Å². The predicted octanol–water partition coefficient (Wildman–Crippen LogP) is 0.159. The van der Waals surface area contributed by atoms with Crippen molar-refractivity contribution in [2.45, 2.75) is 30.7 Å². The number of aliphatic hydroxyl groups excluding tert-OH is 3. The maximum atomic E-state index is 12.8. The van der Waals surface area contributed by atoms with E-state index in [0.29, 0.717) is 5.56 Å². The summed E-state index contributed by atoms with van der Waals surface area (Å²) in [7, 11) is 2.65. The largest absolute Gasteiger partial charge is 0.507 e. The van der Waals surface area contributed by atoms with Gasteiger partial charge in [0.1, 0.15) is 46.5 Å². The molecule has 1 aliphatic heterocycles. The number of aliphatic carboxylic acids is 1. The van der Waals surface area contributed by atoms with Gasteiger partial charge in [0.25, 0.3) is 0 Å². The molecule has 13 nitrogen and oxygen atoms in total. The van der Waals surface area contributed by atoms with Crippen molar-refractivity contribution in [2.75, 3.05) is 14.2 Å². The number of benzene rings is 2. The normalized spacial score (nSPS) is 23.9. The second kappa shape index (κ2) is 9.54. The van der Waals surface area contributed by atoms with E-state index in [2.05, 4.69) is 0 Å². The Morgan fingerprint density at radius 2 is 1.56 bits per heavy atom. The Kier molecular flexibility index (Phi) is 6.65. The summed E-state index contributed by atoms with van der Waals surface area (Å²) in [6, 6.07) is 6.09. The fraction of sp³-hybridized carbons (Fsp3) is 0.304. The van der Waals surface area contributed by atoms with Crippen molar-refractivity contribution in [3.05, 3.63) is 40.6 Å². The van der Waals surface area contributed by atoms with Crippen LogP contribution >= 0.6 is 0 Å². The summed E-state index contributed by atoms with van der Waals surface area (Å²) in [4.78, 5) is 24.1. The molecule has 1 aliphatic rings. The van der Waals surface area contributed by atoms with Gasteiger partial charge in [-0.15, -0.1) is 0 Å². The first kappa shape index (κ1) is 25.1. The summed E-state index contributed by atoms with van der Waals surface area (Å²) in [6.07, 6.45) is -9.30. The molecule has 2 heterocycles. The van der Waals surface area contributed by atoms with Crippen LogP contribution in [0.15, 0.2) is 39.5 Å². The van der Waals surface area contributed by atoms with Gasteiger partial charge in [0, 0.05) is 23.8 Å². The standard InChI is InChI=1S/C23H22O13/c1-32-14-3-8(4-15(33-2)17(14)26)12-7-11(25)16-10(24)5-9(6-13(16)35-12)34-23-20(29)18(27)19(28)21(36-23)22(30)31/h3-7,18-21,23-24,26-29H,1-2H3,(H,30,31). The summed E-state index contributed by atoms with van der Waals surface area (Å²) in [5.41, 5.74) is -0.488. The number of carboxylic acids is 1. The molecule has 1 saturated heterocycles. The maximum absolute atomic E-state index is 12.8. The van der Waals surface area contributed by atoms with E-state index >= 15 is 0 Å². The highest BCUT2D eigenvalue weighted by Gasteiger charge is 2.48. The quantitative estimate of drug-likeness (QED) is 0.264. The number of phenols is 2. The molecule has 0 spiro atoms. The number of carbonyl (C=O) groups is 1. The van der Waals surface area contributed by atoms with Crippen LogP contribution in [0.3, 0.4) is 0 Å². The van der Waals surface area contributed by atoms with Crippen LogP contribution in [0.2, 0.25) is 0 Å². The average molecular weight is 506 g/mol. The van der Waals surface area contributed by atoms with E-state index in [9.17, 15) is 40.2 Å². The van der Waals surface area contributed by atoms with Gasteiger partial charge < -0.3 is 54.0 Å². The van der Waals surface area contributed by atoms with Crippen molar-refractivity contribution in [1.29, 1.82) is 0 Å². The highest BCUT2D eigenvalue weighted by Crippen LogP contribution is 2.41. The predicted molar refractivity (Wildman–Crippen MR) is 119 cm³/mol. The number of methoxy groups -OCH3 is 2. The van der Waals surface area contributed by atoms with E-state index in [1.807, 2.05) is 0 Å². The van der Waals surface area contributed by atoms with Crippen LogP contribution in [-0.4, -0.2) is 81.5 Å². The van der Waals surface area contributed by atoms with Crippen LogP contribution in [0.25, 0.3) is 22.3 Å². The molecule has 1 fully saturated rings. The average Bonchev–Trinajstić information content (AvgIpc) is 2.83. The third kappa shape index (κ3) is 4.35. The molecular formula is C23H22O13. The Labute approximate surface area is 201 Å². The molecule has 5 unspecified atom stereocenters. The van der Waals surface area contributed by atoms with Gasteiger partial charge in [-0.1, -0.05) is 0 Å². The first-order valence-electron chi connectivity index (χ1n) is 10.4. The summed E-state index contributed by atoms with van der Waals surface area (Å²) in [6.45, 7) is 0. The number of aromatic hydroxyl groups is 2. The molecule has 3 aromatic rings. The topological polar surface area (TPSA) is 206 Å². The van der Waals surface area contributed by atoms with Crippen LogP contribution in [0.4, 0.5) is 0 Å². The smallest absolute Gasteiger partial charge is 0.335 e. The zero-order valence-corrected chi connectivity index (χ0v) is 18.8. The van der Waals surface area contributed by atoms with E-state index < -0.39 is 47.9 Å². The number of phenolic OH excluding ortho intramolecular Hbond substituents is 2. The van der Waals surface area contributed by atoms with Crippen LogP contribution in [-0.2, 0) is 9.53 Å². The van der Waals surface area contributed by atoms with Gasteiger partial charge in [-0.3, -0.25) is 4.79 Å². The highest BCUT2D eigenvalue weighted by atomic mass is 16.7. The van der Waals surface area contributed by atoms with E-state index in [-0.39, 0.29) is 39.7 Å². The van der Waals surface area contributed by atoms with Gasteiger partial charge in [-0.05, 0) is 12.1 Å². The third-order valence-corrected chi connectivity index (χ3v) is 5.61. The lowest BCUT2D eigenvalue weighted by Crippen LogP contribution is -2.61. The van der Waals surface area contributed by atoms with Crippen LogP contribution < -0.4 is 19.6 Å². The number of hydrogen-bond acceptors (Lipinski definition) is 12. The molecule has 6 N–H and O–H groups in total. The van der Waals surface area contributed by atoms with Gasteiger partial charge in [0.15, 0.2) is 23.0 Å². The lowest BCUT2D eigenvalue weighted by atomic mass is 9.99. The molecule has 36 heavy (non-hydrogen) atoms. The summed E-state index contributed by atoms with van der Waals surface area (Å²) in [5.74, 6) is -2.52. The Hall–Kier alpha value is -4.04. The fourth-order valence-corrected chi connectivity index (χ4v) is 3.77. The molecule has 0 amide bonds. The van der Waals surface area contributed by atoms with Gasteiger partial charge in [0.05, 0.1) is 14.2 Å². The molecule has 0 bridgehead atoms. The Morgan fingerprint density at radius 3 is 2.14 bits per heavy atom. The van der Waals surface area contributed by atoms with Crippen molar-refractivity contribution in [3.8, 4) is 40.1 Å². The van der Waals surface area contributed by atoms with Crippen LogP contribution in [0.1, 0.15) is 0 Å². The molecule has 0 aliphatic carbocycles. The number of ether oxygens (including phenoxy) is 4. The van der Waals surface area contributed by atoms with Gasteiger partial charge in [0.2, 0.25) is 12.0 Å². The van der Waals surface area contributed by atoms with Gasteiger partial charge >= 0.3 is 5.97 Å². The van der Waals surface area contributed by atoms with Crippen molar-refractivity contribution in [1.82, 2.24) is 0 Å². The summed E-state index contributed by atoms with van der Waals surface area (Å²) < 4.78 is 26.5. The van der Waals surface area contributed by atoms with E-state index in [1.165, 1.54) is 32.4 Å². The number of rotatable bonds is 6. The van der Waals surface area contributed by atoms with Crippen molar-refractivity contribution in [2.24, 2.45) is 0 Å².